The number of nitrogens with zero attached hydrogens (tertiary/aromatic N) is 2. The number of aromatic nitrogens is 1. The second kappa shape index (κ2) is 13.1. The van der Waals surface area contributed by atoms with E-state index in [1.807, 2.05) is 24.3 Å². The lowest BCUT2D eigenvalue weighted by Crippen LogP contribution is -2.36. The van der Waals surface area contributed by atoms with Crippen LogP contribution in [0, 0.1) is 0 Å². The number of thiazole rings is 1. The lowest BCUT2D eigenvalue weighted by molar-refractivity contribution is 0.0948. The highest BCUT2D eigenvalue weighted by molar-refractivity contribution is 7.09. The van der Waals surface area contributed by atoms with Crippen LogP contribution in [-0.2, 0) is 11.3 Å². The van der Waals surface area contributed by atoms with Gasteiger partial charge in [0.1, 0.15) is 10.7 Å². The average Bonchev–Trinajstić information content (AvgIpc) is 3.23. The Morgan fingerprint density at radius 2 is 1.94 bits per heavy atom. The molecule has 0 saturated heterocycles. The molecule has 0 aliphatic rings. The summed E-state index contributed by atoms with van der Waals surface area (Å²) in [6.07, 6.45) is 3.16. The maximum absolute atomic E-state index is 12.8. The van der Waals surface area contributed by atoms with Crippen molar-refractivity contribution in [2.75, 3.05) is 32.1 Å². The van der Waals surface area contributed by atoms with E-state index in [4.69, 9.17) is 4.74 Å². The number of anilines is 1. The molecule has 1 aromatic carbocycles. The van der Waals surface area contributed by atoms with Crippen molar-refractivity contribution in [3.05, 3.63) is 45.9 Å². The number of methoxy groups -OCH3 is 1. The SMILES string of the molecule is CCCCCNC(=O)c1csc(CN(CCOC)C(=O)Nc2ccc(C(C)C)cc2)n1. The summed E-state index contributed by atoms with van der Waals surface area (Å²) in [5, 5.41) is 8.28. The molecule has 0 spiro atoms. The monoisotopic (exact) mass is 446 g/mol. The number of amides is 3. The second-order valence-corrected chi connectivity index (χ2v) is 8.65. The van der Waals surface area contributed by atoms with Gasteiger partial charge in [0.15, 0.2) is 0 Å². The fourth-order valence-corrected chi connectivity index (χ4v) is 3.72. The van der Waals surface area contributed by atoms with Gasteiger partial charge in [-0.2, -0.15) is 0 Å². The molecular formula is C23H34N4O3S. The lowest BCUT2D eigenvalue weighted by Gasteiger charge is -2.22. The molecule has 3 amide bonds. The third kappa shape index (κ3) is 8.30. The van der Waals surface area contributed by atoms with Gasteiger partial charge in [0.05, 0.1) is 13.2 Å². The minimum absolute atomic E-state index is 0.170. The van der Waals surface area contributed by atoms with Crippen LogP contribution in [0.5, 0.6) is 0 Å². The summed E-state index contributed by atoms with van der Waals surface area (Å²) in [7, 11) is 1.60. The zero-order chi connectivity index (χ0) is 22.6. The van der Waals surface area contributed by atoms with E-state index in [-0.39, 0.29) is 11.9 Å². The molecule has 8 heteroatoms. The lowest BCUT2D eigenvalue weighted by atomic mass is 10.0. The highest BCUT2D eigenvalue weighted by Crippen LogP contribution is 2.18. The fourth-order valence-electron chi connectivity index (χ4n) is 2.93. The van der Waals surface area contributed by atoms with Gasteiger partial charge in [-0.15, -0.1) is 11.3 Å². The molecule has 2 rings (SSSR count). The first-order chi connectivity index (χ1) is 14.9. The smallest absolute Gasteiger partial charge is 0.322 e. The average molecular weight is 447 g/mol. The highest BCUT2D eigenvalue weighted by atomic mass is 32.1. The van der Waals surface area contributed by atoms with Crippen molar-refractivity contribution in [3.63, 3.8) is 0 Å². The number of hydrogen-bond acceptors (Lipinski definition) is 5. The summed E-state index contributed by atoms with van der Waals surface area (Å²) in [6, 6.07) is 7.63. The molecule has 7 nitrogen and oxygen atoms in total. The van der Waals surface area contributed by atoms with E-state index >= 15 is 0 Å². The van der Waals surface area contributed by atoms with Crippen LogP contribution in [0.3, 0.4) is 0 Å². The Balaban J connectivity index is 1.98. The number of ether oxygens (including phenoxy) is 1. The number of rotatable bonds is 12. The summed E-state index contributed by atoms with van der Waals surface area (Å²) >= 11 is 1.38. The Kier molecular flexibility index (Phi) is 10.5. The van der Waals surface area contributed by atoms with Crippen LogP contribution in [0.25, 0.3) is 0 Å². The van der Waals surface area contributed by atoms with E-state index in [1.54, 1.807) is 17.4 Å². The Morgan fingerprint density at radius 3 is 2.58 bits per heavy atom. The zero-order valence-electron chi connectivity index (χ0n) is 18.9. The van der Waals surface area contributed by atoms with Crippen molar-refractivity contribution in [2.45, 2.75) is 52.5 Å². The summed E-state index contributed by atoms with van der Waals surface area (Å²) in [5.41, 5.74) is 2.36. The van der Waals surface area contributed by atoms with Gasteiger partial charge in [0, 0.05) is 31.3 Å². The normalized spacial score (nSPS) is 10.9. The molecule has 0 aliphatic carbocycles. The molecule has 0 radical (unpaired) electrons. The largest absolute Gasteiger partial charge is 0.383 e. The van der Waals surface area contributed by atoms with Gasteiger partial charge in [-0.1, -0.05) is 45.7 Å². The Bertz CT molecular complexity index is 820. The van der Waals surface area contributed by atoms with Gasteiger partial charge in [0.2, 0.25) is 0 Å². The van der Waals surface area contributed by atoms with E-state index in [9.17, 15) is 9.59 Å². The number of benzene rings is 1. The molecule has 1 heterocycles. The van der Waals surface area contributed by atoms with Gasteiger partial charge in [-0.3, -0.25) is 4.79 Å². The van der Waals surface area contributed by atoms with E-state index < -0.39 is 0 Å². The molecule has 0 unspecified atom stereocenters. The van der Waals surface area contributed by atoms with Crippen molar-refractivity contribution < 1.29 is 14.3 Å². The summed E-state index contributed by atoms with van der Waals surface area (Å²) in [5.74, 6) is 0.266. The van der Waals surface area contributed by atoms with Crippen LogP contribution in [0.15, 0.2) is 29.6 Å². The van der Waals surface area contributed by atoms with Gasteiger partial charge in [-0.05, 0) is 30.0 Å². The molecule has 2 aromatic rings. The predicted octanol–water partition coefficient (Wildman–Crippen LogP) is 4.87. The Hall–Kier alpha value is -2.45. The molecule has 2 N–H and O–H groups in total. The molecule has 0 bridgehead atoms. The number of carbonyl (C=O) groups excluding carboxylic acids is 2. The van der Waals surface area contributed by atoms with Gasteiger partial charge < -0.3 is 20.3 Å². The molecule has 0 atom stereocenters. The minimum Gasteiger partial charge on any atom is -0.383 e. The van der Waals surface area contributed by atoms with Gasteiger partial charge in [-0.25, -0.2) is 9.78 Å². The van der Waals surface area contributed by atoms with E-state index in [2.05, 4.69) is 36.4 Å². The van der Waals surface area contributed by atoms with E-state index in [0.717, 1.165) is 24.9 Å². The second-order valence-electron chi connectivity index (χ2n) is 7.71. The van der Waals surface area contributed by atoms with Crippen LogP contribution in [0.1, 0.15) is 67.0 Å². The predicted molar refractivity (Wildman–Crippen MR) is 126 cm³/mol. The van der Waals surface area contributed by atoms with Crippen LogP contribution >= 0.6 is 11.3 Å². The van der Waals surface area contributed by atoms with Crippen molar-refractivity contribution in [3.8, 4) is 0 Å². The molecule has 1 aromatic heterocycles. The number of unbranched alkanes of at least 4 members (excludes halogenated alkanes) is 2. The van der Waals surface area contributed by atoms with Crippen LogP contribution in [-0.4, -0.2) is 48.6 Å². The van der Waals surface area contributed by atoms with E-state index in [1.165, 1.54) is 16.9 Å². The van der Waals surface area contributed by atoms with Crippen LogP contribution < -0.4 is 10.6 Å². The van der Waals surface area contributed by atoms with Crippen LogP contribution in [0.2, 0.25) is 0 Å². The summed E-state index contributed by atoms with van der Waals surface area (Å²) in [4.78, 5) is 31.2. The number of nitrogens with one attached hydrogen (secondary N) is 2. The van der Waals surface area contributed by atoms with Crippen molar-refractivity contribution in [1.29, 1.82) is 0 Å². The molecule has 31 heavy (non-hydrogen) atoms. The number of carbonyl (C=O) groups is 2. The van der Waals surface area contributed by atoms with Crippen molar-refractivity contribution in [2.24, 2.45) is 0 Å². The first kappa shape index (κ1) is 24.8. The number of hydrogen-bond donors (Lipinski definition) is 2. The van der Waals surface area contributed by atoms with Crippen molar-refractivity contribution >= 4 is 29.0 Å². The standard InChI is InChI=1S/C23H34N4O3S/c1-5-6-7-12-24-22(28)20-16-31-21(26-20)15-27(13-14-30-4)23(29)25-19-10-8-18(9-11-19)17(2)3/h8-11,16-17H,5-7,12-15H2,1-4H3,(H,24,28)(H,25,29). The third-order valence-electron chi connectivity index (χ3n) is 4.86. The molecule has 0 aliphatic heterocycles. The Morgan fingerprint density at radius 1 is 1.19 bits per heavy atom. The Labute approximate surface area is 189 Å². The molecular weight excluding hydrogens is 412 g/mol. The maximum Gasteiger partial charge on any atom is 0.322 e. The van der Waals surface area contributed by atoms with Gasteiger partial charge >= 0.3 is 6.03 Å². The van der Waals surface area contributed by atoms with Gasteiger partial charge in [0.25, 0.3) is 5.91 Å². The number of urea groups is 1. The first-order valence-electron chi connectivity index (χ1n) is 10.8. The molecule has 0 fully saturated rings. The zero-order valence-corrected chi connectivity index (χ0v) is 19.8. The molecule has 0 saturated carbocycles. The fraction of sp³-hybridized carbons (Fsp3) is 0.522. The van der Waals surface area contributed by atoms with Crippen LogP contribution in [0.4, 0.5) is 10.5 Å². The highest BCUT2D eigenvalue weighted by Gasteiger charge is 2.18. The molecule has 170 valence electrons. The summed E-state index contributed by atoms with van der Waals surface area (Å²) < 4.78 is 5.16. The first-order valence-corrected chi connectivity index (χ1v) is 11.7. The summed E-state index contributed by atoms with van der Waals surface area (Å²) in [6.45, 7) is 8.19. The third-order valence-corrected chi connectivity index (χ3v) is 5.69. The maximum atomic E-state index is 12.8. The topological polar surface area (TPSA) is 83.6 Å². The van der Waals surface area contributed by atoms with E-state index in [0.29, 0.717) is 42.9 Å². The minimum atomic E-state index is -0.227. The van der Waals surface area contributed by atoms with Crippen molar-refractivity contribution in [1.82, 2.24) is 15.2 Å². The quantitative estimate of drug-likeness (QED) is 0.456.